The monoisotopic (exact) mass is 355 g/mol. The van der Waals surface area contributed by atoms with E-state index in [9.17, 15) is 0 Å². The number of hydrogen-bond acceptors (Lipinski definition) is 10. The molecule has 9 nitrogen and oxygen atoms in total. The van der Waals surface area contributed by atoms with E-state index in [0.29, 0.717) is 34.7 Å². The van der Waals surface area contributed by atoms with E-state index in [-0.39, 0.29) is 5.28 Å². The minimum absolute atomic E-state index is 0.119. The van der Waals surface area contributed by atoms with Gasteiger partial charge in [-0.05, 0) is 30.3 Å². The van der Waals surface area contributed by atoms with Crippen LogP contribution in [0.5, 0.6) is 0 Å². The zero-order valence-corrected chi connectivity index (χ0v) is 15.1. The second-order valence-corrected chi connectivity index (χ2v) is 6.12. The zero-order valence-electron chi connectivity index (χ0n) is 13.6. The predicted octanol–water partition coefficient (Wildman–Crippen LogP) is 1.42. The number of nitrogens with one attached hydrogen (secondary N) is 1. The number of rotatable bonds is 6. The molecule has 124 valence electrons. The molecule has 1 N–H and O–H groups in total. The van der Waals surface area contributed by atoms with E-state index in [4.69, 9.17) is 11.6 Å². The van der Waals surface area contributed by atoms with Crippen molar-refractivity contribution in [2.24, 2.45) is 0 Å². The molecule has 0 atom stereocenters. The first-order chi connectivity index (χ1) is 10.9. The predicted molar refractivity (Wildman–Crippen MR) is 91.6 cm³/mol. The molecular formula is C12H18ClN9S. The van der Waals surface area contributed by atoms with Crippen LogP contribution >= 0.6 is 23.4 Å². The Hall–Kier alpha value is -1.94. The fourth-order valence-corrected chi connectivity index (χ4v) is 2.37. The van der Waals surface area contributed by atoms with Gasteiger partial charge in [-0.2, -0.15) is 29.9 Å². The summed E-state index contributed by atoms with van der Waals surface area (Å²) in [7, 11) is 7.47. The maximum absolute atomic E-state index is 5.93. The molecule has 2 aromatic rings. The number of hydrogen-bond donors (Lipinski definition) is 1. The highest BCUT2D eigenvalue weighted by Gasteiger charge is 2.13. The summed E-state index contributed by atoms with van der Waals surface area (Å²) < 4.78 is 0. The van der Waals surface area contributed by atoms with E-state index in [1.54, 1.807) is 0 Å². The first-order valence-corrected chi connectivity index (χ1v) is 8.02. The normalized spacial score (nSPS) is 10.5. The molecular weight excluding hydrogens is 338 g/mol. The molecule has 0 radical (unpaired) electrons. The molecule has 23 heavy (non-hydrogen) atoms. The lowest BCUT2D eigenvalue weighted by atomic mass is 10.7. The van der Waals surface area contributed by atoms with Crippen molar-refractivity contribution in [3.8, 4) is 0 Å². The molecule has 0 spiro atoms. The molecule has 0 aliphatic rings. The zero-order chi connectivity index (χ0) is 17.0. The van der Waals surface area contributed by atoms with Gasteiger partial charge < -0.3 is 15.1 Å². The van der Waals surface area contributed by atoms with Crippen LogP contribution in [0.1, 0.15) is 6.92 Å². The van der Waals surface area contributed by atoms with Crippen LogP contribution in [0, 0.1) is 0 Å². The highest BCUT2D eigenvalue weighted by atomic mass is 35.5. The first-order valence-electron chi connectivity index (χ1n) is 6.83. The van der Waals surface area contributed by atoms with Gasteiger partial charge >= 0.3 is 0 Å². The Kier molecular flexibility index (Phi) is 5.72. The minimum atomic E-state index is 0.119. The summed E-state index contributed by atoms with van der Waals surface area (Å²) in [5.74, 6) is 1.53. The van der Waals surface area contributed by atoms with Crippen LogP contribution < -0.4 is 15.1 Å². The van der Waals surface area contributed by atoms with E-state index < -0.39 is 0 Å². The lowest BCUT2D eigenvalue weighted by molar-refractivity contribution is 0.831. The summed E-state index contributed by atoms with van der Waals surface area (Å²) in [6, 6.07) is 0. The number of nitrogens with zero attached hydrogens (tertiary/aromatic N) is 8. The van der Waals surface area contributed by atoms with Crippen molar-refractivity contribution in [1.82, 2.24) is 29.9 Å². The van der Waals surface area contributed by atoms with Crippen molar-refractivity contribution < 1.29 is 0 Å². The van der Waals surface area contributed by atoms with Crippen molar-refractivity contribution in [2.45, 2.75) is 17.2 Å². The van der Waals surface area contributed by atoms with Crippen molar-refractivity contribution in [3.05, 3.63) is 5.28 Å². The molecule has 0 aromatic carbocycles. The summed E-state index contributed by atoms with van der Waals surface area (Å²) in [5.41, 5.74) is 0. The quantitative estimate of drug-likeness (QED) is 0.819. The van der Waals surface area contributed by atoms with Gasteiger partial charge in [0.15, 0.2) is 0 Å². The topological polar surface area (TPSA) is 95.9 Å². The van der Waals surface area contributed by atoms with E-state index >= 15 is 0 Å². The molecule has 0 saturated heterocycles. The van der Waals surface area contributed by atoms with Crippen molar-refractivity contribution >= 4 is 41.2 Å². The van der Waals surface area contributed by atoms with Gasteiger partial charge in [0.25, 0.3) is 0 Å². The Morgan fingerprint density at radius 1 is 0.870 bits per heavy atom. The Bertz CT molecular complexity index is 653. The first kappa shape index (κ1) is 17.4. The highest BCUT2D eigenvalue weighted by Crippen LogP contribution is 2.25. The average Bonchev–Trinajstić information content (AvgIpc) is 2.46. The standard InChI is InChI=1S/C12H18ClN9S/c1-6-14-8-15-7(13)16-11(17-8)23-12-19-9(21(2)3)18-10(20-12)22(4)5/h6H2,1-5H3,(H,14,15,16,17). The molecule has 11 heteroatoms. The van der Waals surface area contributed by atoms with Crippen molar-refractivity contribution in [3.63, 3.8) is 0 Å². The number of halogens is 1. The lowest BCUT2D eigenvalue weighted by Crippen LogP contribution is -2.19. The molecule has 2 heterocycles. The van der Waals surface area contributed by atoms with Crippen LogP contribution in [0.4, 0.5) is 17.8 Å². The molecule has 0 aliphatic carbocycles. The van der Waals surface area contributed by atoms with Gasteiger partial charge in [-0.1, -0.05) is 0 Å². The van der Waals surface area contributed by atoms with Crippen LogP contribution in [-0.4, -0.2) is 64.6 Å². The maximum atomic E-state index is 5.93. The Morgan fingerprint density at radius 2 is 1.43 bits per heavy atom. The third kappa shape index (κ3) is 4.76. The molecule has 0 fully saturated rings. The van der Waals surface area contributed by atoms with Gasteiger partial charge in [0.2, 0.25) is 33.4 Å². The summed E-state index contributed by atoms with van der Waals surface area (Å²) in [5, 5.41) is 4.02. The molecule has 2 rings (SSSR count). The van der Waals surface area contributed by atoms with E-state index in [2.05, 4.69) is 35.2 Å². The summed E-state index contributed by atoms with van der Waals surface area (Å²) in [6.07, 6.45) is 0. The average molecular weight is 356 g/mol. The highest BCUT2D eigenvalue weighted by molar-refractivity contribution is 7.99. The second-order valence-electron chi connectivity index (χ2n) is 4.85. The van der Waals surface area contributed by atoms with Gasteiger partial charge in [-0.25, -0.2) is 0 Å². The van der Waals surface area contributed by atoms with E-state index in [0.717, 1.165) is 0 Å². The van der Waals surface area contributed by atoms with Gasteiger partial charge in [0, 0.05) is 34.7 Å². The van der Waals surface area contributed by atoms with Gasteiger partial charge in [-0.15, -0.1) is 0 Å². The Labute approximate surface area is 143 Å². The van der Waals surface area contributed by atoms with E-state index in [1.165, 1.54) is 11.8 Å². The fourth-order valence-electron chi connectivity index (χ4n) is 1.48. The molecule has 0 aliphatic heterocycles. The third-order valence-electron chi connectivity index (χ3n) is 2.50. The molecule has 0 unspecified atom stereocenters. The molecule has 0 saturated carbocycles. The summed E-state index contributed by atoms with van der Waals surface area (Å²) >= 11 is 7.13. The lowest BCUT2D eigenvalue weighted by Gasteiger charge is -2.15. The third-order valence-corrected chi connectivity index (χ3v) is 3.40. The molecule has 0 bridgehead atoms. The molecule has 0 amide bonds. The Morgan fingerprint density at radius 3 is 1.96 bits per heavy atom. The number of anilines is 3. The minimum Gasteiger partial charge on any atom is -0.354 e. The van der Waals surface area contributed by atoms with Gasteiger partial charge in [-0.3, -0.25) is 0 Å². The van der Waals surface area contributed by atoms with E-state index in [1.807, 2.05) is 44.9 Å². The van der Waals surface area contributed by atoms with Crippen LogP contribution in [0.3, 0.4) is 0 Å². The summed E-state index contributed by atoms with van der Waals surface area (Å²) in [4.78, 5) is 29.2. The van der Waals surface area contributed by atoms with Gasteiger partial charge in [0.1, 0.15) is 0 Å². The number of aromatic nitrogens is 6. The van der Waals surface area contributed by atoms with Crippen molar-refractivity contribution in [1.29, 1.82) is 0 Å². The molecule has 2 aromatic heterocycles. The van der Waals surface area contributed by atoms with Crippen LogP contribution in [0.2, 0.25) is 5.28 Å². The van der Waals surface area contributed by atoms with Crippen LogP contribution in [-0.2, 0) is 0 Å². The van der Waals surface area contributed by atoms with Gasteiger partial charge in [0.05, 0.1) is 0 Å². The Balaban J connectivity index is 2.35. The van der Waals surface area contributed by atoms with Crippen molar-refractivity contribution in [2.75, 3.05) is 49.9 Å². The summed E-state index contributed by atoms with van der Waals surface area (Å²) in [6.45, 7) is 2.63. The largest absolute Gasteiger partial charge is 0.354 e. The maximum Gasteiger partial charge on any atom is 0.230 e. The smallest absolute Gasteiger partial charge is 0.230 e. The second kappa shape index (κ2) is 7.55. The fraction of sp³-hybridized carbons (Fsp3) is 0.500. The van der Waals surface area contributed by atoms with Crippen LogP contribution in [0.15, 0.2) is 10.3 Å². The van der Waals surface area contributed by atoms with Crippen LogP contribution in [0.25, 0.3) is 0 Å². The SMILES string of the molecule is CCNc1nc(Cl)nc(Sc2nc(N(C)C)nc(N(C)C)n2)n1.